The zero-order valence-electron chi connectivity index (χ0n) is 18.6. The Bertz CT molecular complexity index is 1340. The molecule has 0 saturated carbocycles. The Labute approximate surface area is 190 Å². The number of morpholine rings is 1. The molecule has 1 atom stereocenters. The molecule has 1 aliphatic heterocycles. The van der Waals surface area contributed by atoms with Crippen molar-refractivity contribution in [2.45, 2.75) is 26.4 Å². The zero-order chi connectivity index (χ0) is 22.9. The average Bonchev–Trinajstić information content (AvgIpc) is 3.27. The van der Waals surface area contributed by atoms with Gasteiger partial charge < -0.3 is 9.72 Å². The number of aromatic nitrogens is 5. The van der Waals surface area contributed by atoms with Gasteiger partial charge in [0.2, 0.25) is 0 Å². The number of rotatable bonds is 5. The molecule has 0 amide bonds. The van der Waals surface area contributed by atoms with Gasteiger partial charge in [-0.2, -0.15) is 0 Å². The molecule has 1 aliphatic rings. The van der Waals surface area contributed by atoms with Crippen LogP contribution in [-0.4, -0.2) is 56.4 Å². The van der Waals surface area contributed by atoms with Crippen LogP contribution in [-0.2, 0) is 11.3 Å². The number of pyridine rings is 1. The van der Waals surface area contributed by atoms with Gasteiger partial charge in [-0.25, -0.2) is 9.07 Å². The number of benzene rings is 2. The topological polar surface area (TPSA) is 88.9 Å². The number of nitrogens with one attached hydrogen (secondary N) is 1. The lowest BCUT2D eigenvalue weighted by Crippen LogP contribution is -2.42. The molecular weight excluding hydrogens is 423 g/mol. The van der Waals surface area contributed by atoms with Crippen molar-refractivity contribution < 1.29 is 9.13 Å². The summed E-state index contributed by atoms with van der Waals surface area (Å²) in [6, 6.07) is 11.8. The van der Waals surface area contributed by atoms with Crippen LogP contribution in [0.2, 0.25) is 0 Å². The minimum Gasteiger partial charge on any atom is -0.379 e. The van der Waals surface area contributed by atoms with Crippen molar-refractivity contribution in [1.82, 2.24) is 30.1 Å². The van der Waals surface area contributed by atoms with Crippen LogP contribution in [0.5, 0.6) is 0 Å². The molecule has 1 N–H and O–H groups in total. The van der Waals surface area contributed by atoms with Gasteiger partial charge in [-0.1, -0.05) is 24.3 Å². The summed E-state index contributed by atoms with van der Waals surface area (Å²) in [5, 5.41) is 13.4. The molecule has 170 valence electrons. The molecule has 0 bridgehead atoms. The summed E-state index contributed by atoms with van der Waals surface area (Å²) in [5.74, 6) is 0.270. The molecule has 0 radical (unpaired) electrons. The van der Waals surface area contributed by atoms with Gasteiger partial charge in [0, 0.05) is 24.0 Å². The number of tetrazole rings is 1. The number of halogens is 1. The van der Waals surface area contributed by atoms with Crippen molar-refractivity contribution in [3.05, 3.63) is 86.7 Å². The predicted molar refractivity (Wildman–Crippen MR) is 122 cm³/mol. The van der Waals surface area contributed by atoms with E-state index in [1.807, 2.05) is 26.0 Å². The summed E-state index contributed by atoms with van der Waals surface area (Å²) in [6.07, 6.45) is 0. The van der Waals surface area contributed by atoms with Crippen molar-refractivity contribution in [3.8, 4) is 0 Å². The van der Waals surface area contributed by atoms with Gasteiger partial charge in [0.05, 0.1) is 25.3 Å². The summed E-state index contributed by atoms with van der Waals surface area (Å²) >= 11 is 0. The number of aromatic amines is 1. The van der Waals surface area contributed by atoms with Crippen molar-refractivity contribution >= 4 is 10.9 Å². The van der Waals surface area contributed by atoms with Crippen LogP contribution in [0.15, 0.2) is 47.3 Å². The molecule has 33 heavy (non-hydrogen) atoms. The largest absolute Gasteiger partial charge is 0.379 e. The lowest BCUT2D eigenvalue weighted by atomic mass is 9.99. The third kappa shape index (κ3) is 4.17. The molecule has 5 rings (SSSR count). The third-order valence-corrected chi connectivity index (χ3v) is 6.23. The monoisotopic (exact) mass is 448 g/mol. The molecule has 0 spiro atoms. The highest BCUT2D eigenvalue weighted by Crippen LogP contribution is 2.29. The Morgan fingerprint density at radius 3 is 2.58 bits per heavy atom. The molecule has 4 aromatic rings. The van der Waals surface area contributed by atoms with E-state index in [2.05, 4.69) is 31.5 Å². The summed E-state index contributed by atoms with van der Waals surface area (Å²) in [6.45, 7) is 6.83. The van der Waals surface area contributed by atoms with Crippen LogP contribution in [0.3, 0.4) is 0 Å². The SMILES string of the molecule is Cc1ccc(C)c2[nH]c(=O)c([C@@H](c3nnnn3Cc3ccc(F)cc3)N3CCOCC3)cc12. The lowest BCUT2D eigenvalue weighted by molar-refractivity contribution is 0.0214. The first-order valence-corrected chi connectivity index (χ1v) is 11.0. The lowest BCUT2D eigenvalue weighted by Gasteiger charge is -2.33. The minimum atomic E-state index is -0.447. The van der Waals surface area contributed by atoms with Gasteiger partial charge >= 0.3 is 0 Å². The van der Waals surface area contributed by atoms with Crippen molar-refractivity contribution in [1.29, 1.82) is 0 Å². The van der Waals surface area contributed by atoms with E-state index in [0.717, 1.165) is 27.6 Å². The maximum Gasteiger partial charge on any atom is 0.253 e. The van der Waals surface area contributed by atoms with Crippen LogP contribution in [0, 0.1) is 19.7 Å². The second-order valence-electron chi connectivity index (χ2n) is 8.41. The highest BCUT2D eigenvalue weighted by Gasteiger charge is 2.31. The maximum absolute atomic E-state index is 13.4. The quantitative estimate of drug-likeness (QED) is 0.505. The first kappa shape index (κ1) is 21.4. The number of fused-ring (bicyclic) bond motifs is 1. The number of H-pyrrole nitrogens is 1. The smallest absolute Gasteiger partial charge is 0.253 e. The van der Waals surface area contributed by atoms with Gasteiger partial charge in [0.25, 0.3) is 5.56 Å². The van der Waals surface area contributed by atoms with E-state index in [4.69, 9.17) is 4.74 Å². The fourth-order valence-corrected chi connectivity index (χ4v) is 4.41. The Morgan fingerprint density at radius 1 is 1.09 bits per heavy atom. The average molecular weight is 449 g/mol. The van der Waals surface area contributed by atoms with Gasteiger partial charge in [-0.05, 0) is 59.2 Å². The Balaban J connectivity index is 1.64. The van der Waals surface area contributed by atoms with Crippen molar-refractivity contribution in [2.24, 2.45) is 0 Å². The fourth-order valence-electron chi connectivity index (χ4n) is 4.41. The standard InChI is InChI=1S/C24H25FN6O2/c1-15-3-4-16(2)21-19(15)13-20(24(32)26-21)22(30-9-11-33-12-10-30)23-27-28-29-31(23)14-17-5-7-18(25)8-6-17/h3-8,13,22H,9-12,14H2,1-2H3,(H,26,32)/t22-/m0/s1. The molecule has 8 nitrogen and oxygen atoms in total. The minimum absolute atomic E-state index is 0.163. The first-order chi connectivity index (χ1) is 16.0. The fraction of sp³-hybridized carbons (Fsp3) is 0.333. The molecule has 2 aromatic carbocycles. The highest BCUT2D eigenvalue weighted by atomic mass is 19.1. The maximum atomic E-state index is 13.4. The number of hydrogen-bond donors (Lipinski definition) is 1. The Hall–Kier alpha value is -3.43. The molecule has 2 aromatic heterocycles. The second-order valence-corrected chi connectivity index (χ2v) is 8.41. The van der Waals surface area contributed by atoms with Crippen LogP contribution >= 0.6 is 0 Å². The molecule has 1 fully saturated rings. The molecule has 0 unspecified atom stereocenters. The van der Waals surface area contributed by atoms with E-state index in [1.165, 1.54) is 12.1 Å². The number of hydrogen-bond acceptors (Lipinski definition) is 6. The number of aryl methyl sites for hydroxylation is 2. The summed E-state index contributed by atoms with van der Waals surface area (Å²) < 4.78 is 20.6. The van der Waals surface area contributed by atoms with Crippen LogP contribution in [0.1, 0.15) is 34.1 Å². The molecule has 1 saturated heterocycles. The van der Waals surface area contributed by atoms with Gasteiger partial charge in [0.15, 0.2) is 5.82 Å². The summed E-state index contributed by atoms with van der Waals surface area (Å²) in [5.41, 5.74) is 4.24. The van der Waals surface area contributed by atoms with E-state index < -0.39 is 6.04 Å². The third-order valence-electron chi connectivity index (χ3n) is 6.23. The molecular formula is C24H25FN6O2. The molecule has 3 heterocycles. The van der Waals surface area contributed by atoms with E-state index in [-0.39, 0.29) is 11.4 Å². The molecule has 9 heteroatoms. The van der Waals surface area contributed by atoms with Crippen molar-refractivity contribution in [3.63, 3.8) is 0 Å². The van der Waals surface area contributed by atoms with Crippen molar-refractivity contribution in [2.75, 3.05) is 26.3 Å². The van der Waals surface area contributed by atoms with Crippen LogP contribution in [0.4, 0.5) is 4.39 Å². The van der Waals surface area contributed by atoms with E-state index in [9.17, 15) is 9.18 Å². The van der Waals surface area contributed by atoms with Crippen LogP contribution < -0.4 is 5.56 Å². The summed E-state index contributed by atoms with van der Waals surface area (Å²) in [7, 11) is 0. The predicted octanol–water partition coefficient (Wildman–Crippen LogP) is 2.74. The van der Waals surface area contributed by atoms with Gasteiger partial charge in [-0.15, -0.1) is 5.10 Å². The highest BCUT2D eigenvalue weighted by molar-refractivity contribution is 5.85. The van der Waals surface area contributed by atoms with Gasteiger partial charge in [-0.3, -0.25) is 9.69 Å². The summed E-state index contributed by atoms with van der Waals surface area (Å²) in [4.78, 5) is 18.6. The Morgan fingerprint density at radius 2 is 1.82 bits per heavy atom. The second kappa shape index (κ2) is 8.84. The van der Waals surface area contributed by atoms with E-state index >= 15 is 0 Å². The number of ether oxygens (including phenoxy) is 1. The normalized spacial score (nSPS) is 15.7. The van der Waals surface area contributed by atoms with E-state index in [0.29, 0.717) is 44.2 Å². The zero-order valence-corrected chi connectivity index (χ0v) is 18.6. The molecule has 0 aliphatic carbocycles. The Kier molecular flexibility index (Phi) is 5.74. The van der Waals surface area contributed by atoms with Crippen LogP contribution in [0.25, 0.3) is 10.9 Å². The van der Waals surface area contributed by atoms with Gasteiger partial charge in [0.1, 0.15) is 11.9 Å². The first-order valence-electron chi connectivity index (χ1n) is 11.0. The van der Waals surface area contributed by atoms with E-state index in [1.54, 1.807) is 16.8 Å². The number of nitrogens with zero attached hydrogens (tertiary/aromatic N) is 5.